The molecule has 140 valence electrons. The molecule has 0 bridgehead atoms. The van der Waals surface area contributed by atoms with Gasteiger partial charge in [0.15, 0.2) is 5.96 Å². The molecule has 2 aromatic heterocycles. The van der Waals surface area contributed by atoms with E-state index in [1.54, 1.807) is 30.6 Å². The molecule has 0 aliphatic heterocycles. The highest BCUT2D eigenvalue weighted by molar-refractivity contribution is 7.11. The van der Waals surface area contributed by atoms with E-state index in [-0.39, 0.29) is 5.91 Å². The Bertz CT molecular complexity index is 734. The van der Waals surface area contributed by atoms with Crippen LogP contribution in [0, 0.1) is 20.8 Å². The van der Waals surface area contributed by atoms with Gasteiger partial charge < -0.3 is 16.0 Å². The first kappa shape index (κ1) is 19.8. The standard InChI is InChI=1S/C18H26N6OS/c1-12-5-6-15(22-11-12)24-16(25)7-9-20-18(19-4)21-10-8-17-23-13(2)14(3)26-17/h5-6,11H,7-10H2,1-4H3,(H2,19,20,21)(H,22,24,25). The summed E-state index contributed by atoms with van der Waals surface area (Å²) >= 11 is 1.73. The topological polar surface area (TPSA) is 91.3 Å². The number of carbonyl (C=O) groups is 1. The molecular weight excluding hydrogens is 348 g/mol. The Labute approximate surface area is 158 Å². The van der Waals surface area contributed by atoms with Gasteiger partial charge in [-0.05, 0) is 32.4 Å². The van der Waals surface area contributed by atoms with Crippen molar-refractivity contribution in [1.29, 1.82) is 0 Å². The number of aryl methyl sites for hydroxylation is 3. The summed E-state index contributed by atoms with van der Waals surface area (Å²) in [5.41, 5.74) is 2.16. The van der Waals surface area contributed by atoms with Crippen molar-refractivity contribution < 1.29 is 4.79 Å². The van der Waals surface area contributed by atoms with E-state index in [2.05, 4.69) is 37.8 Å². The summed E-state index contributed by atoms with van der Waals surface area (Å²) in [6.45, 7) is 7.30. The molecule has 2 aromatic rings. The van der Waals surface area contributed by atoms with E-state index in [0.29, 0.717) is 24.7 Å². The van der Waals surface area contributed by atoms with E-state index < -0.39 is 0 Å². The molecule has 26 heavy (non-hydrogen) atoms. The Morgan fingerprint density at radius 1 is 1.19 bits per heavy atom. The normalized spacial score (nSPS) is 11.3. The third-order valence-corrected chi connectivity index (χ3v) is 4.88. The van der Waals surface area contributed by atoms with Gasteiger partial charge in [0.1, 0.15) is 5.82 Å². The number of pyridine rings is 1. The largest absolute Gasteiger partial charge is 0.356 e. The first-order valence-electron chi connectivity index (χ1n) is 8.58. The van der Waals surface area contributed by atoms with Gasteiger partial charge >= 0.3 is 0 Å². The van der Waals surface area contributed by atoms with E-state index >= 15 is 0 Å². The number of carbonyl (C=O) groups excluding carboxylic acids is 1. The minimum Gasteiger partial charge on any atom is -0.356 e. The fourth-order valence-corrected chi connectivity index (χ4v) is 3.13. The number of aromatic nitrogens is 2. The van der Waals surface area contributed by atoms with Crippen LogP contribution in [-0.2, 0) is 11.2 Å². The molecule has 8 heteroatoms. The molecule has 0 unspecified atom stereocenters. The summed E-state index contributed by atoms with van der Waals surface area (Å²) < 4.78 is 0. The number of anilines is 1. The van der Waals surface area contributed by atoms with Crippen LogP contribution < -0.4 is 16.0 Å². The SMILES string of the molecule is CN=C(NCCC(=O)Nc1ccc(C)cn1)NCCc1nc(C)c(C)s1. The van der Waals surface area contributed by atoms with Crippen LogP contribution in [0.1, 0.15) is 27.6 Å². The van der Waals surface area contributed by atoms with Crippen LogP contribution in [-0.4, -0.2) is 42.0 Å². The molecule has 0 spiro atoms. The molecule has 0 saturated heterocycles. The van der Waals surface area contributed by atoms with Crippen molar-refractivity contribution in [3.05, 3.63) is 39.5 Å². The fraction of sp³-hybridized carbons (Fsp3) is 0.444. The highest BCUT2D eigenvalue weighted by atomic mass is 32.1. The second-order valence-electron chi connectivity index (χ2n) is 5.94. The van der Waals surface area contributed by atoms with E-state index in [9.17, 15) is 4.79 Å². The molecule has 0 saturated carbocycles. The second-order valence-corrected chi connectivity index (χ2v) is 7.23. The van der Waals surface area contributed by atoms with E-state index in [0.717, 1.165) is 29.2 Å². The van der Waals surface area contributed by atoms with Crippen LogP contribution in [0.3, 0.4) is 0 Å². The Morgan fingerprint density at radius 2 is 1.96 bits per heavy atom. The quantitative estimate of drug-likeness (QED) is 0.510. The van der Waals surface area contributed by atoms with Gasteiger partial charge in [0.2, 0.25) is 5.91 Å². The molecule has 1 amide bonds. The number of rotatable bonds is 7. The first-order valence-corrected chi connectivity index (χ1v) is 9.39. The summed E-state index contributed by atoms with van der Waals surface area (Å²) in [5, 5.41) is 10.3. The molecular formula is C18H26N6OS. The number of nitrogens with one attached hydrogen (secondary N) is 3. The summed E-state index contributed by atoms with van der Waals surface area (Å²) in [4.78, 5) is 26.1. The maximum absolute atomic E-state index is 11.9. The number of hydrogen-bond donors (Lipinski definition) is 3. The minimum atomic E-state index is -0.0851. The lowest BCUT2D eigenvalue weighted by atomic mass is 10.3. The van der Waals surface area contributed by atoms with Crippen LogP contribution in [0.2, 0.25) is 0 Å². The zero-order valence-electron chi connectivity index (χ0n) is 15.7. The Balaban J connectivity index is 1.66. The van der Waals surface area contributed by atoms with Gasteiger partial charge in [-0.25, -0.2) is 9.97 Å². The third kappa shape index (κ3) is 6.44. The number of aliphatic imine (C=N–C) groups is 1. The van der Waals surface area contributed by atoms with Gasteiger partial charge in [0, 0.05) is 44.1 Å². The summed E-state index contributed by atoms with van der Waals surface area (Å²) in [6, 6.07) is 3.71. The van der Waals surface area contributed by atoms with Crippen molar-refractivity contribution in [2.75, 3.05) is 25.5 Å². The fourth-order valence-electron chi connectivity index (χ4n) is 2.20. The lowest BCUT2D eigenvalue weighted by Crippen LogP contribution is -2.39. The van der Waals surface area contributed by atoms with Crippen molar-refractivity contribution in [1.82, 2.24) is 20.6 Å². The number of amides is 1. The molecule has 7 nitrogen and oxygen atoms in total. The smallest absolute Gasteiger partial charge is 0.227 e. The van der Waals surface area contributed by atoms with Crippen LogP contribution >= 0.6 is 11.3 Å². The van der Waals surface area contributed by atoms with Crippen LogP contribution in [0.25, 0.3) is 0 Å². The Morgan fingerprint density at radius 3 is 2.58 bits per heavy atom. The molecule has 0 aliphatic rings. The van der Waals surface area contributed by atoms with E-state index in [1.165, 1.54) is 4.88 Å². The Hall–Kier alpha value is -2.48. The lowest BCUT2D eigenvalue weighted by Gasteiger charge is -2.11. The zero-order valence-corrected chi connectivity index (χ0v) is 16.5. The van der Waals surface area contributed by atoms with Gasteiger partial charge in [-0.15, -0.1) is 11.3 Å². The second kappa shape index (κ2) is 9.86. The molecule has 0 aromatic carbocycles. The van der Waals surface area contributed by atoms with Gasteiger partial charge in [0.05, 0.1) is 10.7 Å². The summed E-state index contributed by atoms with van der Waals surface area (Å²) in [6.07, 6.45) is 2.91. The number of thiazole rings is 1. The molecule has 2 rings (SSSR count). The zero-order chi connectivity index (χ0) is 18.9. The maximum atomic E-state index is 11.9. The highest BCUT2D eigenvalue weighted by Gasteiger charge is 2.06. The van der Waals surface area contributed by atoms with Crippen molar-refractivity contribution in [3.63, 3.8) is 0 Å². The Kier molecular flexibility index (Phi) is 7.53. The van der Waals surface area contributed by atoms with Crippen LogP contribution in [0.4, 0.5) is 5.82 Å². The predicted molar refractivity (Wildman–Crippen MR) is 107 cm³/mol. The number of hydrogen-bond acceptors (Lipinski definition) is 5. The molecule has 2 heterocycles. The maximum Gasteiger partial charge on any atom is 0.227 e. The van der Waals surface area contributed by atoms with Gasteiger partial charge in [-0.2, -0.15) is 0 Å². The van der Waals surface area contributed by atoms with Crippen LogP contribution in [0.5, 0.6) is 0 Å². The minimum absolute atomic E-state index is 0.0851. The van der Waals surface area contributed by atoms with Crippen molar-refractivity contribution in [2.24, 2.45) is 4.99 Å². The number of nitrogens with zero attached hydrogens (tertiary/aromatic N) is 3. The van der Waals surface area contributed by atoms with Gasteiger partial charge in [0.25, 0.3) is 0 Å². The third-order valence-electron chi connectivity index (χ3n) is 3.75. The summed E-state index contributed by atoms with van der Waals surface area (Å²) in [5.74, 6) is 1.16. The highest BCUT2D eigenvalue weighted by Crippen LogP contribution is 2.16. The number of guanidine groups is 1. The van der Waals surface area contributed by atoms with Gasteiger partial charge in [-0.1, -0.05) is 6.07 Å². The van der Waals surface area contributed by atoms with Crippen molar-refractivity contribution in [3.8, 4) is 0 Å². The predicted octanol–water partition coefficient (Wildman–Crippen LogP) is 2.20. The van der Waals surface area contributed by atoms with Gasteiger partial charge in [-0.3, -0.25) is 9.79 Å². The average Bonchev–Trinajstić information content (AvgIpc) is 2.93. The monoisotopic (exact) mass is 374 g/mol. The first-order chi connectivity index (χ1) is 12.5. The van der Waals surface area contributed by atoms with Crippen molar-refractivity contribution in [2.45, 2.75) is 33.6 Å². The molecule has 0 radical (unpaired) electrons. The van der Waals surface area contributed by atoms with Crippen LogP contribution in [0.15, 0.2) is 23.3 Å². The van der Waals surface area contributed by atoms with E-state index in [1.807, 2.05) is 19.9 Å². The van der Waals surface area contributed by atoms with Crippen molar-refractivity contribution >= 4 is 29.0 Å². The molecule has 0 aliphatic carbocycles. The molecule has 0 fully saturated rings. The molecule has 0 atom stereocenters. The summed E-state index contributed by atoms with van der Waals surface area (Å²) in [7, 11) is 1.71. The molecule has 3 N–H and O–H groups in total. The lowest BCUT2D eigenvalue weighted by molar-refractivity contribution is -0.116. The van der Waals surface area contributed by atoms with E-state index in [4.69, 9.17) is 0 Å². The average molecular weight is 375 g/mol.